The molecule has 1 heterocycles. The van der Waals surface area contributed by atoms with Crippen molar-refractivity contribution in [2.45, 2.75) is 58.6 Å². The number of nitriles is 1. The fourth-order valence-corrected chi connectivity index (χ4v) is 5.54. The van der Waals surface area contributed by atoms with Crippen LogP contribution in [-0.4, -0.2) is 75.9 Å². The van der Waals surface area contributed by atoms with E-state index in [0.29, 0.717) is 47.9 Å². The second kappa shape index (κ2) is 19.2. The fourth-order valence-electron chi connectivity index (χ4n) is 5.30. The van der Waals surface area contributed by atoms with Crippen molar-refractivity contribution in [3.05, 3.63) is 105 Å². The van der Waals surface area contributed by atoms with Crippen LogP contribution in [0, 0.1) is 25.2 Å². The number of aliphatic hydroxyl groups excluding tert-OH is 3. The molecule has 52 heavy (non-hydrogen) atoms. The van der Waals surface area contributed by atoms with E-state index in [1.165, 1.54) is 13.1 Å². The molecule has 0 spiro atoms. The van der Waals surface area contributed by atoms with Crippen LogP contribution in [0.2, 0.25) is 5.02 Å². The normalized spacial score (nSPS) is 12.8. The standard InChI is InChI=1S/C39H45ClN4O8/c1-25-29(7-4-8-32(25)33-9-5-10-35(26(33)2)50-12-6-11-42-20-31(47)21-45)23-52-37-15-36(51-22-28-13-27(16-41)17-43-18-28)30(14-34(37)40)19-44-39(3,24-46)38(48)49/h4-5,7-10,13-15,17-18,31,42,44-47H,6,11-12,19-24H2,1-3H3,(H,48,49)/t31-,39-/m0/s1. The quantitative estimate of drug-likeness (QED) is 0.0690. The molecule has 0 bridgehead atoms. The maximum absolute atomic E-state index is 11.8. The number of carbonyl (C=O) groups is 1. The fraction of sp³-hybridized carbons (Fsp3) is 0.359. The maximum Gasteiger partial charge on any atom is 0.326 e. The van der Waals surface area contributed by atoms with Crippen molar-refractivity contribution in [1.29, 1.82) is 5.26 Å². The Morgan fingerprint density at radius 3 is 2.40 bits per heavy atom. The van der Waals surface area contributed by atoms with Gasteiger partial charge in [0.15, 0.2) is 0 Å². The van der Waals surface area contributed by atoms with E-state index in [0.717, 1.165) is 40.0 Å². The van der Waals surface area contributed by atoms with Crippen LogP contribution < -0.4 is 24.8 Å². The highest BCUT2D eigenvalue weighted by molar-refractivity contribution is 6.32. The van der Waals surface area contributed by atoms with Crippen molar-refractivity contribution < 1.29 is 39.4 Å². The molecule has 0 aliphatic heterocycles. The minimum absolute atomic E-state index is 0.0180. The molecule has 6 N–H and O–H groups in total. The van der Waals surface area contributed by atoms with Gasteiger partial charge in [0, 0.05) is 42.7 Å². The molecule has 0 aliphatic rings. The summed E-state index contributed by atoms with van der Waals surface area (Å²) < 4.78 is 18.5. The molecule has 0 saturated carbocycles. The smallest absolute Gasteiger partial charge is 0.326 e. The van der Waals surface area contributed by atoms with Crippen LogP contribution in [0.5, 0.6) is 17.2 Å². The van der Waals surface area contributed by atoms with E-state index in [4.69, 9.17) is 30.9 Å². The van der Waals surface area contributed by atoms with Crippen LogP contribution >= 0.6 is 11.6 Å². The Morgan fingerprint density at radius 1 is 0.962 bits per heavy atom. The maximum atomic E-state index is 11.8. The molecular formula is C39H45ClN4O8. The monoisotopic (exact) mass is 732 g/mol. The third-order valence-corrected chi connectivity index (χ3v) is 8.94. The second-order valence-corrected chi connectivity index (χ2v) is 13.0. The number of nitrogens with one attached hydrogen (secondary N) is 2. The molecule has 4 rings (SSSR count). The Morgan fingerprint density at radius 2 is 1.69 bits per heavy atom. The number of pyridine rings is 1. The third-order valence-electron chi connectivity index (χ3n) is 8.64. The number of carboxylic acids is 1. The molecule has 0 aliphatic carbocycles. The summed E-state index contributed by atoms with van der Waals surface area (Å²) in [7, 11) is 0. The third kappa shape index (κ3) is 10.6. The second-order valence-electron chi connectivity index (χ2n) is 12.6. The summed E-state index contributed by atoms with van der Waals surface area (Å²) in [6.45, 7) is 6.27. The average Bonchev–Trinajstić information content (AvgIpc) is 3.15. The van der Waals surface area contributed by atoms with Crippen LogP contribution in [-0.2, 0) is 24.6 Å². The van der Waals surface area contributed by atoms with Gasteiger partial charge < -0.3 is 40.0 Å². The Balaban J connectivity index is 1.52. The van der Waals surface area contributed by atoms with Crippen molar-refractivity contribution in [1.82, 2.24) is 15.6 Å². The van der Waals surface area contributed by atoms with Gasteiger partial charge >= 0.3 is 5.97 Å². The first-order valence-corrected chi connectivity index (χ1v) is 17.2. The first kappa shape index (κ1) is 40.0. The summed E-state index contributed by atoms with van der Waals surface area (Å²) in [6, 6.07) is 18.9. The number of carboxylic acid groups (broad SMARTS) is 1. The van der Waals surface area contributed by atoms with Crippen molar-refractivity contribution >= 4 is 17.6 Å². The van der Waals surface area contributed by atoms with Crippen LogP contribution in [0.4, 0.5) is 0 Å². The van der Waals surface area contributed by atoms with E-state index in [1.54, 1.807) is 24.4 Å². The number of aliphatic carboxylic acids is 1. The Bertz CT molecular complexity index is 1870. The highest BCUT2D eigenvalue weighted by Gasteiger charge is 2.32. The predicted molar refractivity (Wildman–Crippen MR) is 196 cm³/mol. The molecule has 1 aromatic heterocycles. The number of ether oxygens (including phenoxy) is 3. The number of hydrogen-bond donors (Lipinski definition) is 6. The van der Waals surface area contributed by atoms with Gasteiger partial charge in [0.1, 0.15) is 42.1 Å². The summed E-state index contributed by atoms with van der Waals surface area (Å²) in [5.41, 5.74) is 4.98. The lowest BCUT2D eigenvalue weighted by Gasteiger charge is -2.25. The van der Waals surface area contributed by atoms with Gasteiger partial charge in [-0.05, 0) is 79.8 Å². The van der Waals surface area contributed by atoms with Gasteiger partial charge in [0.05, 0.1) is 36.5 Å². The van der Waals surface area contributed by atoms with E-state index < -0.39 is 24.2 Å². The van der Waals surface area contributed by atoms with E-state index in [-0.39, 0.29) is 31.4 Å². The zero-order valence-corrected chi connectivity index (χ0v) is 30.2. The summed E-state index contributed by atoms with van der Waals surface area (Å²) in [6.07, 6.45) is 3.00. The van der Waals surface area contributed by atoms with Gasteiger partial charge in [0.2, 0.25) is 0 Å². The number of rotatable bonds is 20. The molecule has 0 unspecified atom stereocenters. The number of halogens is 1. The highest BCUT2D eigenvalue weighted by atomic mass is 35.5. The minimum Gasteiger partial charge on any atom is -0.493 e. The van der Waals surface area contributed by atoms with Crippen molar-refractivity contribution in [3.8, 4) is 34.4 Å². The molecular weight excluding hydrogens is 688 g/mol. The highest BCUT2D eigenvalue weighted by Crippen LogP contribution is 2.36. The molecule has 2 atom stereocenters. The number of aliphatic hydroxyl groups is 3. The van der Waals surface area contributed by atoms with Crippen molar-refractivity contribution in [3.63, 3.8) is 0 Å². The number of aromatic nitrogens is 1. The molecule has 3 aromatic carbocycles. The van der Waals surface area contributed by atoms with Crippen LogP contribution in [0.15, 0.2) is 67.0 Å². The zero-order chi connectivity index (χ0) is 37.7. The summed E-state index contributed by atoms with van der Waals surface area (Å²) in [5.74, 6) is 0.289. The van der Waals surface area contributed by atoms with E-state index >= 15 is 0 Å². The van der Waals surface area contributed by atoms with Gasteiger partial charge in [-0.2, -0.15) is 5.26 Å². The summed E-state index contributed by atoms with van der Waals surface area (Å²) in [4.78, 5) is 15.9. The van der Waals surface area contributed by atoms with Gasteiger partial charge in [-0.1, -0.05) is 41.9 Å². The van der Waals surface area contributed by atoms with E-state index in [1.807, 2.05) is 44.2 Å². The van der Waals surface area contributed by atoms with Gasteiger partial charge in [-0.25, -0.2) is 0 Å². The van der Waals surface area contributed by atoms with Gasteiger partial charge in [-0.3, -0.25) is 15.1 Å². The molecule has 276 valence electrons. The van der Waals surface area contributed by atoms with Crippen molar-refractivity contribution in [2.75, 3.05) is 32.9 Å². The van der Waals surface area contributed by atoms with Gasteiger partial charge in [0.25, 0.3) is 0 Å². The van der Waals surface area contributed by atoms with E-state index in [2.05, 4.69) is 27.8 Å². The molecule has 12 nitrogen and oxygen atoms in total. The summed E-state index contributed by atoms with van der Waals surface area (Å²) >= 11 is 6.71. The lowest BCUT2D eigenvalue weighted by atomic mass is 9.93. The van der Waals surface area contributed by atoms with Crippen LogP contribution in [0.1, 0.15) is 46.7 Å². The largest absolute Gasteiger partial charge is 0.493 e. The SMILES string of the molecule is Cc1c(COc2cc(OCc3cncc(C#N)c3)c(CN[C@@](C)(CO)C(=O)O)cc2Cl)cccc1-c1cccc(OCCCNC[C@H](O)CO)c1C. The topological polar surface area (TPSA) is 186 Å². The Kier molecular flexibility index (Phi) is 14.8. The average molecular weight is 733 g/mol. The first-order valence-electron chi connectivity index (χ1n) is 16.8. The summed E-state index contributed by atoms with van der Waals surface area (Å²) in [5, 5.41) is 53.3. The minimum atomic E-state index is -1.60. The first-order chi connectivity index (χ1) is 25.0. The number of nitrogens with zero attached hydrogens (tertiary/aromatic N) is 2. The van der Waals surface area contributed by atoms with Crippen LogP contribution in [0.3, 0.4) is 0 Å². The zero-order valence-electron chi connectivity index (χ0n) is 29.5. The predicted octanol–water partition coefficient (Wildman–Crippen LogP) is 4.69. The molecule has 0 fully saturated rings. The lowest BCUT2D eigenvalue weighted by molar-refractivity contribution is -0.145. The molecule has 4 aromatic rings. The molecule has 13 heteroatoms. The van der Waals surface area contributed by atoms with Crippen molar-refractivity contribution in [2.24, 2.45) is 0 Å². The Labute approximate surface area is 308 Å². The molecule has 0 saturated heterocycles. The van der Waals surface area contributed by atoms with Gasteiger partial charge in [-0.15, -0.1) is 0 Å². The lowest BCUT2D eigenvalue weighted by Crippen LogP contribution is -2.52. The molecule has 0 radical (unpaired) electrons. The Hall–Kier alpha value is -4.74. The van der Waals surface area contributed by atoms with Crippen LogP contribution in [0.25, 0.3) is 11.1 Å². The van der Waals surface area contributed by atoms with E-state index in [9.17, 15) is 25.4 Å². The number of benzene rings is 3. The molecule has 0 amide bonds. The number of hydrogen-bond acceptors (Lipinski definition) is 11.